The van der Waals surface area contributed by atoms with Crippen LogP contribution in [0.5, 0.6) is 5.75 Å². The molecule has 1 aromatic carbocycles. The lowest BCUT2D eigenvalue weighted by atomic mass is 9.82. The van der Waals surface area contributed by atoms with Crippen molar-refractivity contribution in [3.8, 4) is 5.75 Å². The van der Waals surface area contributed by atoms with Crippen LogP contribution in [0, 0.1) is 5.41 Å². The predicted molar refractivity (Wildman–Crippen MR) is 81.2 cm³/mol. The molecule has 1 unspecified atom stereocenters. The van der Waals surface area contributed by atoms with Crippen molar-refractivity contribution in [2.24, 2.45) is 5.41 Å². The maximum absolute atomic E-state index is 5.52. The van der Waals surface area contributed by atoms with Gasteiger partial charge in [-0.2, -0.15) is 0 Å². The van der Waals surface area contributed by atoms with Gasteiger partial charge in [0.25, 0.3) is 0 Å². The molecular weight excluding hydrogens is 290 g/mol. The molecule has 0 aliphatic carbocycles. The zero-order valence-electron chi connectivity index (χ0n) is 12.0. The van der Waals surface area contributed by atoms with Gasteiger partial charge in [-0.1, -0.05) is 49.7 Å². The van der Waals surface area contributed by atoms with E-state index in [4.69, 9.17) is 4.74 Å². The van der Waals surface area contributed by atoms with Gasteiger partial charge in [-0.3, -0.25) is 0 Å². The van der Waals surface area contributed by atoms with Crippen LogP contribution in [0.2, 0.25) is 0 Å². The largest absolute Gasteiger partial charge is 0.494 e. The molecule has 18 heavy (non-hydrogen) atoms. The molecule has 1 aromatic rings. The van der Waals surface area contributed by atoms with Crippen LogP contribution in [0.25, 0.3) is 0 Å². The molecule has 3 heteroatoms. The topological polar surface area (TPSA) is 21.3 Å². The van der Waals surface area contributed by atoms with E-state index in [1.54, 1.807) is 0 Å². The number of nitrogens with one attached hydrogen (secondary N) is 1. The highest BCUT2D eigenvalue weighted by Gasteiger charge is 2.27. The first kappa shape index (κ1) is 15.5. The monoisotopic (exact) mass is 313 g/mol. The summed E-state index contributed by atoms with van der Waals surface area (Å²) >= 11 is 3.66. The average Bonchev–Trinajstić information content (AvgIpc) is 2.26. The zero-order chi connectivity index (χ0) is 13.8. The van der Waals surface area contributed by atoms with Crippen LogP contribution in [0.4, 0.5) is 0 Å². The van der Waals surface area contributed by atoms with E-state index in [2.05, 4.69) is 61.1 Å². The van der Waals surface area contributed by atoms with E-state index < -0.39 is 0 Å². The van der Waals surface area contributed by atoms with Gasteiger partial charge in [-0.05, 0) is 36.6 Å². The number of hydrogen-bond donors (Lipinski definition) is 1. The van der Waals surface area contributed by atoms with Crippen LogP contribution < -0.4 is 10.1 Å². The molecule has 0 spiro atoms. The van der Waals surface area contributed by atoms with Crippen molar-refractivity contribution in [1.29, 1.82) is 0 Å². The van der Waals surface area contributed by atoms with E-state index in [1.807, 2.05) is 13.0 Å². The van der Waals surface area contributed by atoms with Gasteiger partial charge in [0.05, 0.1) is 6.61 Å². The minimum Gasteiger partial charge on any atom is -0.494 e. The Kier molecular flexibility index (Phi) is 5.67. The molecule has 1 atom stereocenters. The van der Waals surface area contributed by atoms with Crippen molar-refractivity contribution in [1.82, 2.24) is 5.32 Å². The quantitative estimate of drug-likeness (QED) is 0.861. The molecule has 0 amide bonds. The first-order valence-electron chi connectivity index (χ1n) is 6.55. The Morgan fingerprint density at radius 1 is 1.28 bits per heavy atom. The fourth-order valence-corrected chi connectivity index (χ4v) is 2.67. The fraction of sp³-hybridized carbons (Fsp3) is 0.600. The minimum absolute atomic E-state index is 0.172. The molecule has 1 N–H and O–H groups in total. The second kappa shape index (κ2) is 6.58. The molecular formula is C15H24BrNO. The van der Waals surface area contributed by atoms with E-state index >= 15 is 0 Å². The summed E-state index contributed by atoms with van der Waals surface area (Å²) in [6, 6.07) is 6.56. The molecule has 2 nitrogen and oxygen atoms in total. The number of benzene rings is 1. The highest BCUT2D eigenvalue weighted by Crippen LogP contribution is 2.37. The summed E-state index contributed by atoms with van der Waals surface area (Å²) in [5.41, 5.74) is 1.46. The second-order valence-electron chi connectivity index (χ2n) is 5.47. The Labute approximate surface area is 119 Å². The molecule has 0 radical (unpaired) electrons. The summed E-state index contributed by atoms with van der Waals surface area (Å²) in [7, 11) is 0. The van der Waals surface area contributed by atoms with Crippen LogP contribution in [-0.2, 0) is 0 Å². The van der Waals surface area contributed by atoms with Crippen molar-refractivity contribution in [2.45, 2.75) is 40.7 Å². The van der Waals surface area contributed by atoms with Crippen molar-refractivity contribution in [3.05, 3.63) is 28.2 Å². The highest BCUT2D eigenvalue weighted by atomic mass is 79.9. The minimum atomic E-state index is 0.172. The molecule has 0 aliphatic rings. The van der Waals surface area contributed by atoms with E-state index in [9.17, 15) is 0 Å². The smallest absolute Gasteiger partial charge is 0.120 e. The third-order valence-electron chi connectivity index (χ3n) is 2.87. The Balaban J connectivity index is 3.06. The Morgan fingerprint density at radius 2 is 1.94 bits per heavy atom. The zero-order valence-corrected chi connectivity index (χ0v) is 13.6. The van der Waals surface area contributed by atoms with Crippen molar-refractivity contribution in [2.75, 3.05) is 13.2 Å². The maximum atomic E-state index is 5.52. The van der Waals surface area contributed by atoms with E-state index in [0.29, 0.717) is 12.6 Å². The van der Waals surface area contributed by atoms with Crippen molar-refractivity contribution >= 4 is 15.9 Å². The fourth-order valence-electron chi connectivity index (χ4n) is 2.09. The molecule has 0 saturated heterocycles. The van der Waals surface area contributed by atoms with Gasteiger partial charge in [0.1, 0.15) is 5.75 Å². The van der Waals surface area contributed by atoms with Crippen molar-refractivity contribution in [3.63, 3.8) is 0 Å². The summed E-state index contributed by atoms with van der Waals surface area (Å²) in [6.45, 7) is 12.6. The number of rotatable bonds is 5. The van der Waals surface area contributed by atoms with Crippen LogP contribution in [0.3, 0.4) is 0 Å². The van der Waals surface area contributed by atoms with Gasteiger partial charge >= 0.3 is 0 Å². The van der Waals surface area contributed by atoms with Crippen LogP contribution in [0.15, 0.2) is 22.7 Å². The molecule has 102 valence electrons. The third-order valence-corrected chi connectivity index (χ3v) is 3.55. The Hall–Kier alpha value is -0.540. The molecule has 1 rings (SSSR count). The number of hydrogen-bond acceptors (Lipinski definition) is 2. The van der Waals surface area contributed by atoms with Crippen LogP contribution in [-0.4, -0.2) is 13.2 Å². The molecule has 0 saturated carbocycles. The standard InChI is InChI=1S/C15H24BrNO/c1-6-17-14(15(3,4)5)12-9-8-11(18-7-2)10-13(12)16/h8-10,14,17H,6-7H2,1-5H3. The summed E-state index contributed by atoms with van der Waals surface area (Å²) < 4.78 is 6.62. The van der Waals surface area contributed by atoms with Gasteiger partial charge in [0.2, 0.25) is 0 Å². The molecule has 0 aliphatic heterocycles. The number of halogens is 1. The van der Waals surface area contributed by atoms with E-state index in [1.165, 1.54) is 5.56 Å². The van der Waals surface area contributed by atoms with Crippen molar-refractivity contribution < 1.29 is 4.74 Å². The second-order valence-corrected chi connectivity index (χ2v) is 6.33. The number of ether oxygens (including phenoxy) is 1. The first-order chi connectivity index (χ1) is 8.40. The maximum Gasteiger partial charge on any atom is 0.120 e. The van der Waals surface area contributed by atoms with Gasteiger partial charge in [-0.15, -0.1) is 0 Å². The highest BCUT2D eigenvalue weighted by molar-refractivity contribution is 9.10. The van der Waals surface area contributed by atoms with Crippen LogP contribution >= 0.6 is 15.9 Å². The SMILES string of the molecule is CCNC(c1ccc(OCC)cc1Br)C(C)(C)C. The lowest BCUT2D eigenvalue weighted by Gasteiger charge is -2.32. The summed E-state index contributed by atoms with van der Waals surface area (Å²) in [5.74, 6) is 0.914. The predicted octanol–water partition coefficient (Wildman–Crippen LogP) is 4.54. The third kappa shape index (κ3) is 3.99. The summed E-state index contributed by atoms with van der Waals surface area (Å²) in [6.07, 6.45) is 0. The molecule has 0 heterocycles. The molecule has 0 fully saturated rings. The average molecular weight is 314 g/mol. The molecule has 0 bridgehead atoms. The van der Waals surface area contributed by atoms with E-state index in [0.717, 1.165) is 16.8 Å². The van der Waals surface area contributed by atoms with Gasteiger partial charge < -0.3 is 10.1 Å². The Bertz CT molecular complexity index is 385. The van der Waals surface area contributed by atoms with Gasteiger partial charge in [0, 0.05) is 10.5 Å². The normalized spacial score (nSPS) is 13.4. The van der Waals surface area contributed by atoms with Crippen LogP contribution in [0.1, 0.15) is 46.2 Å². The summed E-state index contributed by atoms with van der Waals surface area (Å²) in [4.78, 5) is 0. The van der Waals surface area contributed by atoms with Gasteiger partial charge in [-0.25, -0.2) is 0 Å². The van der Waals surface area contributed by atoms with E-state index in [-0.39, 0.29) is 5.41 Å². The first-order valence-corrected chi connectivity index (χ1v) is 7.35. The lowest BCUT2D eigenvalue weighted by Crippen LogP contribution is -2.32. The lowest BCUT2D eigenvalue weighted by molar-refractivity contribution is 0.275. The summed E-state index contributed by atoms with van der Waals surface area (Å²) in [5, 5.41) is 3.56. The Morgan fingerprint density at radius 3 is 2.39 bits per heavy atom. The molecule has 0 aromatic heterocycles. The van der Waals surface area contributed by atoms with Gasteiger partial charge in [0.15, 0.2) is 0 Å².